The first-order valence-corrected chi connectivity index (χ1v) is 7.00. The Balaban J connectivity index is 2.74. The van der Waals surface area contributed by atoms with Gasteiger partial charge in [0.2, 0.25) is 0 Å². The first kappa shape index (κ1) is 12.3. The van der Waals surface area contributed by atoms with E-state index in [0.717, 1.165) is 4.47 Å². The zero-order valence-electron chi connectivity index (χ0n) is 8.63. The molecule has 0 heterocycles. The molecule has 0 amide bonds. The first-order valence-electron chi connectivity index (χ1n) is 4.80. The van der Waals surface area contributed by atoms with Gasteiger partial charge in [0.1, 0.15) is 4.90 Å². The van der Waals surface area contributed by atoms with Crippen LogP contribution in [0.4, 0.5) is 0 Å². The maximum absolute atomic E-state index is 11.2. The summed E-state index contributed by atoms with van der Waals surface area (Å²) in [6.45, 7) is 0. The van der Waals surface area contributed by atoms with Crippen molar-refractivity contribution in [2.75, 3.05) is 0 Å². The van der Waals surface area contributed by atoms with Gasteiger partial charge in [0.25, 0.3) is 0 Å². The van der Waals surface area contributed by atoms with Gasteiger partial charge < -0.3 is 0 Å². The standard InChI is InChI=1S/C12H8BrO3S/c13-11-7-3-1-5-9(11)10-6-2-4-8-12(10)17(14,15)16/h1-8H. The van der Waals surface area contributed by atoms with E-state index >= 15 is 0 Å². The van der Waals surface area contributed by atoms with Crippen molar-refractivity contribution in [1.29, 1.82) is 0 Å². The summed E-state index contributed by atoms with van der Waals surface area (Å²) in [5, 5.41) is 0. The predicted octanol–water partition coefficient (Wildman–Crippen LogP) is 3.24. The summed E-state index contributed by atoms with van der Waals surface area (Å²) in [6, 6.07) is 13.3. The molecule has 87 valence electrons. The Bertz CT molecular complexity index is 650. The Hall–Kier alpha value is -1.17. The minimum atomic E-state index is -4.47. The maximum Gasteiger partial charge on any atom is 0.324 e. The second-order valence-electron chi connectivity index (χ2n) is 3.43. The van der Waals surface area contributed by atoms with Crippen LogP contribution in [-0.2, 0) is 14.7 Å². The van der Waals surface area contributed by atoms with Crippen LogP contribution in [-0.4, -0.2) is 8.42 Å². The molecule has 0 fully saturated rings. The number of rotatable bonds is 2. The van der Waals surface area contributed by atoms with Crippen molar-refractivity contribution in [2.24, 2.45) is 0 Å². The van der Waals surface area contributed by atoms with Gasteiger partial charge in [-0.05, 0) is 17.7 Å². The number of halogens is 1. The molecule has 2 rings (SSSR count). The second kappa shape index (κ2) is 4.60. The zero-order chi connectivity index (χ0) is 12.5. The summed E-state index contributed by atoms with van der Waals surface area (Å²) in [5.74, 6) is 0. The third kappa shape index (κ3) is 2.57. The number of benzene rings is 2. The molecule has 2 aromatic carbocycles. The largest absolute Gasteiger partial charge is 0.324 e. The lowest BCUT2D eigenvalue weighted by atomic mass is 10.1. The highest BCUT2D eigenvalue weighted by molar-refractivity contribution is 9.10. The Morgan fingerprint density at radius 2 is 1.35 bits per heavy atom. The van der Waals surface area contributed by atoms with Crippen LogP contribution in [0.3, 0.4) is 0 Å². The summed E-state index contributed by atoms with van der Waals surface area (Å²) in [7, 11) is -4.47. The quantitative estimate of drug-likeness (QED) is 0.855. The molecule has 0 aliphatic carbocycles. The van der Waals surface area contributed by atoms with E-state index in [9.17, 15) is 13.0 Å². The minimum absolute atomic E-state index is 0.202. The van der Waals surface area contributed by atoms with E-state index in [4.69, 9.17) is 0 Å². The highest BCUT2D eigenvalue weighted by Crippen LogP contribution is 2.32. The molecule has 0 saturated carbocycles. The minimum Gasteiger partial charge on any atom is -0.192 e. The van der Waals surface area contributed by atoms with Crippen LogP contribution in [0.15, 0.2) is 57.9 Å². The molecule has 0 saturated heterocycles. The molecule has 0 spiro atoms. The van der Waals surface area contributed by atoms with Gasteiger partial charge in [0.05, 0.1) is 0 Å². The maximum atomic E-state index is 11.2. The van der Waals surface area contributed by atoms with Crippen molar-refractivity contribution in [2.45, 2.75) is 4.90 Å². The van der Waals surface area contributed by atoms with Crippen molar-refractivity contribution in [3.8, 4) is 11.1 Å². The monoisotopic (exact) mass is 311 g/mol. The molecule has 5 heteroatoms. The van der Waals surface area contributed by atoms with Crippen molar-refractivity contribution >= 4 is 26.0 Å². The first-order chi connectivity index (χ1) is 8.00. The molecule has 2 aromatic rings. The Morgan fingerprint density at radius 3 is 1.94 bits per heavy atom. The fraction of sp³-hybridized carbons (Fsp3) is 0. The van der Waals surface area contributed by atoms with Crippen LogP contribution in [0.5, 0.6) is 0 Å². The third-order valence-corrected chi connectivity index (χ3v) is 3.91. The molecule has 17 heavy (non-hydrogen) atoms. The smallest absolute Gasteiger partial charge is 0.192 e. The van der Waals surface area contributed by atoms with E-state index in [1.165, 1.54) is 12.1 Å². The van der Waals surface area contributed by atoms with Gasteiger partial charge in [-0.1, -0.05) is 56.9 Å². The second-order valence-corrected chi connectivity index (χ2v) is 5.63. The van der Waals surface area contributed by atoms with Crippen LogP contribution in [0, 0.1) is 0 Å². The van der Waals surface area contributed by atoms with Crippen LogP contribution in [0.1, 0.15) is 0 Å². The lowest BCUT2D eigenvalue weighted by Crippen LogP contribution is -1.99. The fourth-order valence-corrected chi connectivity index (χ4v) is 2.78. The molecule has 1 radical (unpaired) electrons. The van der Waals surface area contributed by atoms with E-state index in [0.29, 0.717) is 11.1 Å². The van der Waals surface area contributed by atoms with Gasteiger partial charge in [-0.2, -0.15) is 8.42 Å². The van der Waals surface area contributed by atoms with Crippen molar-refractivity contribution < 1.29 is 13.0 Å². The highest BCUT2D eigenvalue weighted by Gasteiger charge is 2.18. The Morgan fingerprint density at radius 1 is 0.824 bits per heavy atom. The molecular formula is C12H8BrO3S. The molecular weight excluding hydrogens is 304 g/mol. The number of hydrogen-bond donors (Lipinski definition) is 0. The Labute approximate surface area is 108 Å². The number of hydrogen-bond acceptors (Lipinski definition) is 2. The molecule has 0 aliphatic rings. The zero-order valence-corrected chi connectivity index (χ0v) is 11.0. The molecule has 0 N–H and O–H groups in total. The topological polar surface area (TPSA) is 54.0 Å². The normalized spacial score (nSPS) is 11.4. The highest BCUT2D eigenvalue weighted by atomic mass is 79.9. The molecule has 0 bridgehead atoms. The summed E-state index contributed by atoms with van der Waals surface area (Å²) in [6.07, 6.45) is 0. The van der Waals surface area contributed by atoms with Gasteiger partial charge in [-0.15, -0.1) is 0 Å². The summed E-state index contributed by atoms with van der Waals surface area (Å²) < 4.78 is 34.2. The summed E-state index contributed by atoms with van der Waals surface area (Å²) >= 11 is 3.34. The fourth-order valence-electron chi connectivity index (χ4n) is 1.59. The van der Waals surface area contributed by atoms with Crippen LogP contribution in [0.25, 0.3) is 11.1 Å². The van der Waals surface area contributed by atoms with Crippen LogP contribution >= 0.6 is 15.9 Å². The van der Waals surface area contributed by atoms with Gasteiger partial charge in [-0.25, -0.2) is 0 Å². The van der Waals surface area contributed by atoms with Crippen molar-refractivity contribution in [3.05, 3.63) is 53.0 Å². The van der Waals surface area contributed by atoms with E-state index in [-0.39, 0.29) is 4.90 Å². The van der Waals surface area contributed by atoms with E-state index in [1.807, 2.05) is 6.07 Å². The lowest BCUT2D eigenvalue weighted by molar-refractivity contribution is 0.414. The van der Waals surface area contributed by atoms with Gasteiger partial charge in [0.15, 0.2) is 0 Å². The molecule has 0 unspecified atom stereocenters. The van der Waals surface area contributed by atoms with Gasteiger partial charge >= 0.3 is 10.1 Å². The summed E-state index contributed by atoms with van der Waals surface area (Å²) in [4.78, 5) is -0.202. The van der Waals surface area contributed by atoms with Gasteiger partial charge in [0, 0.05) is 10.0 Å². The van der Waals surface area contributed by atoms with Crippen LogP contribution in [0.2, 0.25) is 0 Å². The molecule has 0 atom stereocenters. The molecule has 3 nitrogen and oxygen atoms in total. The van der Waals surface area contributed by atoms with E-state index in [1.54, 1.807) is 30.3 Å². The van der Waals surface area contributed by atoms with Gasteiger partial charge in [-0.3, -0.25) is 0 Å². The predicted molar refractivity (Wildman–Crippen MR) is 67.5 cm³/mol. The average Bonchev–Trinajstić information content (AvgIpc) is 2.28. The Kier molecular flexibility index (Phi) is 3.33. The van der Waals surface area contributed by atoms with E-state index in [2.05, 4.69) is 15.9 Å². The van der Waals surface area contributed by atoms with Crippen LogP contribution < -0.4 is 0 Å². The third-order valence-electron chi connectivity index (χ3n) is 2.32. The van der Waals surface area contributed by atoms with Crippen molar-refractivity contribution in [1.82, 2.24) is 0 Å². The SMILES string of the molecule is [O]S(=O)(=O)c1ccccc1-c1ccccc1Br. The lowest BCUT2D eigenvalue weighted by Gasteiger charge is -2.07. The molecule has 0 aromatic heterocycles. The van der Waals surface area contributed by atoms with Crippen molar-refractivity contribution in [3.63, 3.8) is 0 Å². The molecule has 0 aliphatic heterocycles. The van der Waals surface area contributed by atoms with E-state index < -0.39 is 10.1 Å². The average molecular weight is 312 g/mol. The summed E-state index contributed by atoms with van der Waals surface area (Å²) in [5.41, 5.74) is 1.09.